The fourth-order valence-corrected chi connectivity index (χ4v) is 4.01. The van der Waals surface area contributed by atoms with Crippen molar-refractivity contribution in [2.45, 2.75) is 25.9 Å². The van der Waals surface area contributed by atoms with Crippen molar-refractivity contribution in [3.8, 4) is 0 Å². The van der Waals surface area contributed by atoms with E-state index in [-0.39, 0.29) is 0 Å². The predicted octanol–water partition coefficient (Wildman–Crippen LogP) is 1.98. The number of rotatable bonds is 6. The van der Waals surface area contributed by atoms with Crippen LogP contribution in [0.5, 0.6) is 0 Å². The van der Waals surface area contributed by atoms with E-state index in [4.69, 9.17) is 5.73 Å². The minimum Gasteiger partial charge on any atom is -0.329 e. The van der Waals surface area contributed by atoms with Crippen molar-refractivity contribution in [2.75, 3.05) is 24.6 Å². The summed E-state index contributed by atoms with van der Waals surface area (Å²) in [6.45, 7) is 5.05. The molecule has 1 saturated heterocycles. The average Bonchev–Trinajstić information content (AvgIpc) is 2.93. The third-order valence-corrected chi connectivity index (χ3v) is 4.95. The van der Waals surface area contributed by atoms with E-state index in [2.05, 4.69) is 40.7 Å². The van der Waals surface area contributed by atoms with Crippen molar-refractivity contribution in [3.63, 3.8) is 0 Å². The minimum atomic E-state index is 0.526. The Bertz CT molecular complexity index is 338. The van der Waals surface area contributed by atoms with Crippen molar-refractivity contribution in [1.29, 1.82) is 0 Å². The summed E-state index contributed by atoms with van der Waals surface area (Å²) in [4.78, 5) is 6.59. The Morgan fingerprint density at radius 1 is 1.50 bits per heavy atom. The van der Waals surface area contributed by atoms with Crippen LogP contribution in [-0.4, -0.2) is 40.5 Å². The maximum atomic E-state index is 6.02. The van der Waals surface area contributed by atoms with Crippen LogP contribution in [0.2, 0.25) is 0 Å². The van der Waals surface area contributed by atoms with E-state index >= 15 is 0 Å². The van der Waals surface area contributed by atoms with Gasteiger partial charge in [0.15, 0.2) is 0 Å². The van der Waals surface area contributed by atoms with Crippen LogP contribution in [0.25, 0.3) is 0 Å². The molecular formula is C14H23N3S. The van der Waals surface area contributed by atoms with Crippen LogP contribution in [0.1, 0.15) is 18.9 Å². The third-order valence-electron chi connectivity index (χ3n) is 3.76. The van der Waals surface area contributed by atoms with E-state index in [1.165, 1.54) is 23.5 Å². The van der Waals surface area contributed by atoms with Gasteiger partial charge in [-0.2, -0.15) is 11.8 Å². The molecule has 1 aliphatic heterocycles. The van der Waals surface area contributed by atoms with Gasteiger partial charge in [0, 0.05) is 31.5 Å². The van der Waals surface area contributed by atoms with Gasteiger partial charge >= 0.3 is 0 Å². The summed E-state index contributed by atoms with van der Waals surface area (Å²) in [5.41, 5.74) is 7.35. The van der Waals surface area contributed by atoms with Crippen molar-refractivity contribution in [3.05, 3.63) is 30.1 Å². The van der Waals surface area contributed by atoms with Crippen LogP contribution in [-0.2, 0) is 6.54 Å². The molecular weight excluding hydrogens is 242 g/mol. The Balaban J connectivity index is 2.01. The molecule has 1 fully saturated rings. The highest BCUT2D eigenvalue weighted by Gasteiger charge is 2.28. The molecule has 2 unspecified atom stereocenters. The Hall–Kier alpha value is -0.580. The molecule has 100 valence electrons. The summed E-state index contributed by atoms with van der Waals surface area (Å²) in [5, 5.41) is 0. The van der Waals surface area contributed by atoms with Gasteiger partial charge in [0.25, 0.3) is 0 Å². The van der Waals surface area contributed by atoms with Crippen LogP contribution < -0.4 is 5.73 Å². The SMILES string of the molecule is CCN(Cc1ccncc1)C(CN)C1CCSC1. The van der Waals surface area contributed by atoms with Gasteiger partial charge in [-0.05, 0) is 48.1 Å². The molecule has 2 rings (SSSR count). The lowest BCUT2D eigenvalue weighted by Gasteiger charge is -2.33. The van der Waals surface area contributed by atoms with E-state index in [1.54, 1.807) is 0 Å². The van der Waals surface area contributed by atoms with Gasteiger partial charge in [-0.1, -0.05) is 6.92 Å². The van der Waals surface area contributed by atoms with E-state index in [9.17, 15) is 0 Å². The Labute approximate surface area is 114 Å². The van der Waals surface area contributed by atoms with E-state index < -0.39 is 0 Å². The third kappa shape index (κ3) is 3.46. The first kappa shape index (κ1) is 13.8. The van der Waals surface area contributed by atoms with Crippen LogP contribution in [0.3, 0.4) is 0 Å². The summed E-state index contributed by atoms with van der Waals surface area (Å²) in [6.07, 6.45) is 5.05. The second kappa shape index (κ2) is 7.12. The molecule has 1 aliphatic rings. The van der Waals surface area contributed by atoms with Gasteiger partial charge in [0.2, 0.25) is 0 Å². The topological polar surface area (TPSA) is 42.2 Å². The Morgan fingerprint density at radius 2 is 2.28 bits per heavy atom. The number of pyridine rings is 1. The normalized spacial score (nSPS) is 21.4. The standard InChI is InChI=1S/C14H23N3S/c1-2-17(10-12-3-6-16-7-4-12)14(9-15)13-5-8-18-11-13/h3-4,6-7,13-14H,2,5,8-11,15H2,1H3. The zero-order valence-electron chi connectivity index (χ0n) is 11.1. The number of likely N-dealkylation sites (N-methyl/N-ethyl adjacent to an activating group) is 1. The number of nitrogens with zero attached hydrogens (tertiary/aromatic N) is 2. The van der Waals surface area contributed by atoms with E-state index in [0.29, 0.717) is 6.04 Å². The Morgan fingerprint density at radius 3 is 2.83 bits per heavy atom. The van der Waals surface area contributed by atoms with Crippen LogP contribution >= 0.6 is 11.8 Å². The summed E-state index contributed by atoms with van der Waals surface area (Å²) < 4.78 is 0. The van der Waals surface area contributed by atoms with Crippen molar-refractivity contribution in [1.82, 2.24) is 9.88 Å². The molecule has 2 atom stereocenters. The zero-order chi connectivity index (χ0) is 12.8. The molecule has 4 heteroatoms. The fourth-order valence-electron chi connectivity index (χ4n) is 2.68. The molecule has 0 spiro atoms. The Kier molecular flexibility index (Phi) is 5.47. The van der Waals surface area contributed by atoms with Gasteiger partial charge in [-0.15, -0.1) is 0 Å². The maximum absolute atomic E-state index is 6.02. The van der Waals surface area contributed by atoms with Crippen molar-refractivity contribution >= 4 is 11.8 Å². The van der Waals surface area contributed by atoms with Crippen molar-refractivity contribution < 1.29 is 0 Å². The lowest BCUT2D eigenvalue weighted by Crippen LogP contribution is -2.45. The van der Waals surface area contributed by atoms with Gasteiger partial charge < -0.3 is 5.73 Å². The lowest BCUT2D eigenvalue weighted by atomic mass is 9.97. The van der Waals surface area contributed by atoms with Crippen LogP contribution in [0.4, 0.5) is 0 Å². The molecule has 1 aromatic heterocycles. The van der Waals surface area contributed by atoms with Gasteiger partial charge in [0.05, 0.1) is 0 Å². The zero-order valence-corrected chi connectivity index (χ0v) is 11.9. The fraction of sp³-hybridized carbons (Fsp3) is 0.643. The van der Waals surface area contributed by atoms with E-state index in [1.807, 2.05) is 12.4 Å². The lowest BCUT2D eigenvalue weighted by molar-refractivity contribution is 0.155. The molecule has 1 aromatic rings. The molecule has 2 heterocycles. The molecule has 2 N–H and O–H groups in total. The monoisotopic (exact) mass is 265 g/mol. The highest BCUT2D eigenvalue weighted by molar-refractivity contribution is 7.99. The largest absolute Gasteiger partial charge is 0.329 e. The second-order valence-electron chi connectivity index (χ2n) is 4.85. The minimum absolute atomic E-state index is 0.526. The summed E-state index contributed by atoms with van der Waals surface area (Å²) in [7, 11) is 0. The van der Waals surface area contributed by atoms with Gasteiger partial charge in [-0.25, -0.2) is 0 Å². The van der Waals surface area contributed by atoms with Crippen molar-refractivity contribution in [2.24, 2.45) is 11.7 Å². The van der Waals surface area contributed by atoms with Gasteiger partial charge in [-0.3, -0.25) is 9.88 Å². The first-order valence-corrected chi connectivity index (χ1v) is 7.91. The predicted molar refractivity (Wildman–Crippen MR) is 78.6 cm³/mol. The molecule has 0 aromatic carbocycles. The maximum Gasteiger partial charge on any atom is 0.0271 e. The number of aromatic nitrogens is 1. The molecule has 0 aliphatic carbocycles. The summed E-state index contributed by atoms with van der Waals surface area (Å²) in [6, 6.07) is 4.72. The van der Waals surface area contributed by atoms with Crippen LogP contribution in [0.15, 0.2) is 24.5 Å². The van der Waals surface area contributed by atoms with Crippen LogP contribution in [0, 0.1) is 5.92 Å². The highest BCUT2D eigenvalue weighted by Crippen LogP contribution is 2.29. The smallest absolute Gasteiger partial charge is 0.0271 e. The molecule has 0 amide bonds. The first-order valence-electron chi connectivity index (χ1n) is 6.76. The highest BCUT2D eigenvalue weighted by atomic mass is 32.2. The first-order chi connectivity index (χ1) is 8.85. The van der Waals surface area contributed by atoms with Gasteiger partial charge in [0.1, 0.15) is 0 Å². The second-order valence-corrected chi connectivity index (χ2v) is 6.00. The van der Waals surface area contributed by atoms with E-state index in [0.717, 1.165) is 25.6 Å². The number of hydrogen-bond acceptors (Lipinski definition) is 4. The number of thioether (sulfide) groups is 1. The average molecular weight is 265 g/mol. The number of nitrogens with two attached hydrogens (primary N) is 1. The summed E-state index contributed by atoms with van der Waals surface area (Å²) in [5.74, 6) is 3.34. The molecule has 0 saturated carbocycles. The quantitative estimate of drug-likeness (QED) is 0.854. The number of hydrogen-bond donors (Lipinski definition) is 1. The molecule has 3 nitrogen and oxygen atoms in total. The summed E-state index contributed by atoms with van der Waals surface area (Å²) >= 11 is 2.07. The molecule has 0 bridgehead atoms. The molecule has 0 radical (unpaired) electrons. The molecule has 18 heavy (non-hydrogen) atoms.